The number of piperidine rings is 1. The normalized spacial score (nSPS) is 15.7. The van der Waals surface area contributed by atoms with Crippen LogP contribution < -0.4 is 4.90 Å². The van der Waals surface area contributed by atoms with Gasteiger partial charge in [0.2, 0.25) is 0 Å². The van der Waals surface area contributed by atoms with Crippen LogP contribution in [0.4, 0.5) is 10.1 Å². The lowest BCUT2D eigenvalue weighted by molar-refractivity contribution is 0.466. The summed E-state index contributed by atoms with van der Waals surface area (Å²) in [5.41, 5.74) is 0.630. The van der Waals surface area contributed by atoms with Crippen molar-refractivity contribution in [3.05, 3.63) is 54.4 Å². The van der Waals surface area contributed by atoms with Gasteiger partial charge < -0.3 is 9.47 Å². The van der Waals surface area contributed by atoms with Crippen LogP contribution >= 0.6 is 0 Å². The summed E-state index contributed by atoms with van der Waals surface area (Å²) in [6.07, 6.45) is 8.42. The van der Waals surface area contributed by atoms with Gasteiger partial charge in [0.05, 0.1) is 11.9 Å². The zero-order valence-corrected chi connectivity index (χ0v) is 14.1. The van der Waals surface area contributed by atoms with Crippen LogP contribution in [0.15, 0.2) is 36.9 Å². The van der Waals surface area contributed by atoms with Crippen LogP contribution in [0.5, 0.6) is 0 Å². The minimum Gasteiger partial charge on any atom is -0.369 e. The lowest BCUT2D eigenvalue weighted by atomic mass is 9.95. The first-order valence-corrected chi connectivity index (χ1v) is 8.42. The number of hydrogen-bond donors (Lipinski definition) is 0. The number of rotatable bonds is 4. The van der Waals surface area contributed by atoms with Gasteiger partial charge in [-0.3, -0.25) is 9.67 Å². The Morgan fingerprint density at radius 3 is 2.76 bits per heavy atom. The van der Waals surface area contributed by atoms with E-state index in [4.69, 9.17) is 0 Å². The summed E-state index contributed by atoms with van der Waals surface area (Å²) in [6, 6.07) is 3.63. The van der Waals surface area contributed by atoms with Crippen molar-refractivity contribution in [1.29, 1.82) is 0 Å². The summed E-state index contributed by atoms with van der Waals surface area (Å²) >= 11 is 0. The van der Waals surface area contributed by atoms with Crippen molar-refractivity contribution in [2.75, 3.05) is 18.0 Å². The topological polar surface area (TPSA) is 64.7 Å². The molecule has 0 aliphatic carbocycles. The lowest BCUT2D eigenvalue weighted by Gasteiger charge is -2.33. The molecule has 1 fully saturated rings. The molecule has 0 amide bonds. The maximum atomic E-state index is 13.9. The fourth-order valence-corrected chi connectivity index (χ4v) is 3.41. The third-order valence-corrected chi connectivity index (χ3v) is 4.81. The molecule has 1 saturated heterocycles. The fourth-order valence-electron chi connectivity index (χ4n) is 3.41. The van der Waals surface area contributed by atoms with Crippen molar-refractivity contribution >= 4 is 5.69 Å². The van der Waals surface area contributed by atoms with Crippen LogP contribution in [0.1, 0.15) is 30.4 Å². The second kappa shape index (κ2) is 6.62. The highest BCUT2D eigenvalue weighted by molar-refractivity contribution is 5.46. The van der Waals surface area contributed by atoms with E-state index in [2.05, 4.69) is 29.7 Å². The molecule has 25 heavy (non-hydrogen) atoms. The maximum absolute atomic E-state index is 13.9. The lowest BCUT2D eigenvalue weighted by Crippen LogP contribution is -2.34. The Kier molecular flexibility index (Phi) is 4.17. The van der Waals surface area contributed by atoms with Crippen molar-refractivity contribution < 1.29 is 4.39 Å². The second-order valence-electron chi connectivity index (χ2n) is 6.33. The number of anilines is 1. The van der Waals surface area contributed by atoms with Gasteiger partial charge in [-0.1, -0.05) is 0 Å². The molecule has 8 heteroatoms. The van der Waals surface area contributed by atoms with Gasteiger partial charge in [0.25, 0.3) is 0 Å². The molecule has 4 rings (SSSR count). The van der Waals surface area contributed by atoms with Gasteiger partial charge in [0.1, 0.15) is 12.4 Å². The summed E-state index contributed by atoms with van der Waals surface area (Å²) < 4.78 is 17.8. The number of nitrogens with zero attached hydrogens (tertiary/aromatic N) is 7. The molecular weight excluding hydrogens is 321 g/mol. The van der Waals surface area contributed by atoms with Gasteiger partial charge in [0.15, 0.2) is 11.6 Å². The van der Waals surface area contributed by atoms with Gasteiger partial charge in [0, 0.05) is 44.6 Å². The highest BCUT2D eigenvalue weighted by Crippen LogP contribution is 2.30. The van der Waals surface area contributed by atoms with E-state index in [0.717, 1.165) is 37.6 Å². The SMILES string of the molecule is Cn1c(Cn2cccn2)nnc1C1CCN(c2ccncc2F)CC1. The summed E-state index contributed by atoms with van der Waals surface area (Å²) in [4.78, 5) is 5.89. The van der Waals surface area contributed by atoms with Crippen LogP contribution in [-0.4, -0.2) is 42.6 Å². The van der Waals surface area contributed by atoms with Crippen molar-refractivity contribution in [2.24, 2.45) is 7.05 Å². The van der Waals surface area contributed by atoms with E-state index in [9.17, 15) is 4.39 Å². The second-order valence-corrected chi connectivity index (χ2v) is 6.33. The molecule has 0 radical (unpaired) electrons. The van der Waals surface area contributed by atoms with Gasteiger partial charge in [-0.25, -0.2) is 4.39 Å². The van der Waals surface area contributed by atoms with E-state index in [1.165, 1.54) is 6.20 Å². The molecule has 3 aromatic heterocycles. The van der Waals surface area contributed by atoms with E-state index >= 15 is 0 Å². The van der Waals surface area contributed by atoms with Crippen LogP contribution in [0.3, 0.4) is 0 Å². The van der Waals surface area contributed by atoms with Gasteiger partial charge >= 0.3 is 0 Å². The summed E-state index contributed by atoms with van der Waals surface area (Å²) in [5.74, 6) is 1.96. The van der Waals surface area contributed by atoms with Crippen molar-refractivity contribution in [3.8, 4) is 0 Å². The van der Waals surface area contributed by atoms with Crippen molar-refractivity contribution in [1.82, 2.24) is 29.5 Å². The molecule has 1 aliphatic rings. The highest BCUT2D eigenvalue weighted by Gasteiger charge is 2.26. The van der Waals surface area contributed by atoms with E-state index in [-0.39, 0.29) is 5.82 Å². The molecule has 0 unspecified atom stereocenters. The summed E-state index contributed by atoms with van der Waals surface area (Å²) in [6.45, 7) is 2.21. The van der Waals surface area contributed by atoms with Crippen molar-refractivity contribution in [2.45, 2.75) is 25.3 Å². The molecule has 0 N–H and O–H groups in total. The first-order valence-electron chi connectivity index (χ1n) is 8.42. The largest absolute Gasteiger partial charge is 0.369 e. The maximum Gasteiger partial charge on any atom is 0.164 e. The molecule has 0 saturated carbocycles. The molecule has 0 aromatic carbocycles. The smallest absolute Gasteiger partial charge is 0.164 e. The average molecular weight is 341 g/mol. The Labute approximate surface area is 145 Å². The molecular formula is C17H20FN7. The van der Waals surface area contributed by atoms with E-state index in [0.29, 0.717) is 18.2 Å². The average Bonchev–Trinajstić information content (AvgIpc) is 3.27. The zero-order valence-electron chi connectivity index (χ0n) is 14.1. The minimum atomic E-state index is -0.263. The predicted octanol–water partition coefficient (Wildman–Crippen LogP) is 1.98. The number of halogens is 1. The molecule has 0 atom stereocenters. The van der Waals surface area contributed by atoms with E-state index in [1.54, 1.807) is 18.5 Å². The van der Waals surface area contributed by atoms with Gasteiger partial charge in [-0.15, -0.1) is 10.2 Å². The van der Waals surface area contributed by atoms with Crippen LogP contribution in [0.25, 0.3) is 0 Å². The monoisotopic (exact) mass is 341 g/mol. The molecule has 3 aromatic rings. The van der Waals surface area contributed by atoms with Crippen LogP contribution in [-0.2, 0) is 13.6 Å². The third-order valence-electron chi connectivity index (χ3n) is 4.81. The number of hydrogen-bond acceptors (Lipinski definition) is 5. The summed E-state index contributed by atoms with van der Waals surface area (Å²) in [5, 5.41) is 12.9. The molecule has 7 nitrogen and oxygen atoms in total. The Hall–Kier alpha value is -2.77. The molecule has 130 valence electrons. The highest BCUT2D eigenvalue weighted by atomic mass is 19.1. The fraction of sp³-hybridized carbons (Fsp3) is 0.412. The Morgan fingerprint density at radius 1 is 1.20 bits per heavy atom. The molecule has 4 heterocycles. The Bertz CT molecular complexity index is 835. The van der Waals surface area contributed by atoms with Crippen LogP contribution in [0, 0.1) is 5.82 Å². The third kappa shape index (κ3) is 3.11. The first kappa shape index (κ1) is 15.7. The van der Waals surface area contributed by atoms with E-state index < -0.39 is 0 Å². The quantitative estimate of drug-likeness (QED) is 0.726. The van der Waals surface area contributed by atoms with E-state index in [1.807, 2.05) is 24.0 Å². The standard InChI is InChI=1S/C17H20FN7/c1-23-16(12-25-8-2-6-20-25)21-22-17(23)13-4-9-24(10-5-13)15-3-7-19-11-14(15)18/h2-3,6-8,11,13H,4-5,9-10,12H2,1H3. The molecule has 1 aliphatic heterocycles. The molecule has 0 bridgehead atoms. The van der Waals surface area contributed by atoms with Crippen molar-refractivity contribution in [3.63, 3.8) is 0 Å². The van der Waals surface area contributed by atoms with Crippen LogP contribution in [0.2, 0.25) is 0 Å². The molecule has 0 spiro atoms. The first-order chi connectivity index (χ1) is 12.2. The summed E-state index contributed by atoms with van der Waals surface area (Å²) in [7, 11) is 2.00. The van der Waals surface area contributed by atoms with Gasteiger partial charge in [-0.05, 0) is 25.0 Å². The number of aromatic nitrogens is 6. The minimum absolute atomic E-state index is 0.263. The Balaban J connectivity index is 1.44. The number of pyridine rings is 1. The Morgan fingerprint density at radius 2 is 2.04 bits per heavy atom. The zero-order chi connectivity index (χ0) is 17.2. The van der Waals surface area contributed by atoms with Gasteiger partial charge in [-0.2, -0.15) is 5.10 Å². The predicted molar refractivity (Wildman–Crippen MR) is 90.7 cm³/mol.